The molecule has 1 amide bonds. The number of rotatable bonds is 3. The summed E-state index contributed by atoms with van der Waals surface area (Å²) in [5, 5.41) is 2.95. The summed E-state index contributed by atoms with van der Waals surface area (Å²) < 4.78 is 28.3. The van der Waals surface area contributed by atoms with E-state index < -0.39 is 15.4 Å². The van der Waals surface area contributed by atoms with Gasteiger partial charge in [0.25, 0.3) is 10.0 Å². The molecule has 5 nitrogen and oxygen atoms in total. The second kappa shape index (κ2) is 5.84. The van der Waals surface area contributed by atoms with Crippen LogP contribution in [-0.4, -0.2) is 14.3 Å². The Morgan fingerprint density at radius 3 is 2.46 bits per heavy atom. The lowest BCUT2D eigenvalue weighted by molar-refractivity contribution is -0.120. The second-order valence-electron chi connectivity index (χ2n) is 7.38. The minimum absolute atomic E-state index is 0.0411. The molecule has 4 rings (SSSR count). The lowest BCUT2D eigenvalue weighted by atomic mass is 9.80. The Morgan fingerprint density at radius 1 is 1.04 bits per heavy atom. The first-order valence-corrected chi connectivity index (χ1v) is 10.4. The van der Waals surface area contributed by atoms with Crippen LogP contribution in [0.4, 0.5) is 11.4 Å². The maximum atomic E-state index is 12.8. The Hall–Kier alpha value is -2.34. The fourth-order valence-corrected chi connectivity index (χ4v) is 5.54. The van der Waals surface area contributed by atoms with Crippen molar-refractivity contribution in [1.82, 2.24) is 0 Å². The van der Waals surface area contributed by atoms with E-state index in [0.29, 0.717) is 11.3 Å². The molecule has 1 aliphatic carbocycles. The van der Waals surface area contributed by atoms with Crippen LogP contribution in [0, 0.1) is 13.8 Å². The second-order valence-corrected chi connectivity index (χ2v) is 9.03. The summed E-state index contributed by atoms with van der Waals surface area (Å²) in [6.45, 7) is 3.72. The molecule has 0 unspecified atom stereocenters. The van der Waals surface area contributed by atoms with Crippen molar-refractivity contribution >= 4 is 27.3 Å². The third-order valence-corrected chi connectivity index (χ3v) is 7.09. The lowest BCUT2D eigenvalue weighted by Crippen LogP contribution is -2.31. The van der Waals surface area contributed by atoms with Crippen LogP contribution in [0.2, 0.25) is 0 Å². The smallest absolute Gasteiger partial charge is 0.262 e. The van der Waals surface area contributed by atoms with Crippen molar-refractivity contribution in [3.63, 3.8) is 0 Å². The van der Waals surface area contributed by atoms with E-state index in [1.807, 2.05) is 19.1 Å². The van der Waals surface area contributed by atoms with E-state index >= 15 is 0 Å². The summed E-state index contributed by atoms with van der Waals surface area (Å²) in [6.07, 6.45) is 3.68. The Morgan fingerprint density at radius 2 is 1.77 bits per heavy atom. The van der Waals surface area contributed by atoms with Crippen LogP contribution in [0.15, 0.2) is 41.3 Å². The fourth-order valence-electron chi connectivity index (χ4n) is 4.26. The molecule has 26 heavy (non-hydrogen) atoms. The first kappa shape index (κ1) is 17.1. The summed E-state index contributed by atoms with van der Waals surface area (Å²) in [5.41, 5.74) is 3.45. The summed E-state index contributed by atoms with van der Waals surface area (Å²) in [7, 11) is -3.68. The Kier molecular flexibility index (Phi) is 3.84. The van der Waals surface area contributed by atoms with Crippen LogP contribution in [-0.2, 0) is 20.2 Å². The van der Waals surface area contributed by atoms with Crippen LogP contribution in [0.25, 0.3) is 0 Å². The molecule has 1 saturated carbocycles. The van der Waals surface area contributed by atoms with Gasteiger partial charge in [0.2, 0.25) is 5.91 Å². The third kappa shape index (κ3) is 2.60. The van der Waals surface area contributed by atoms with E-state index in [1.54, 1.807) is 31.2 Å². The average Bonchev–Trinajstić information content (AvgIpc) is 3.15. The number of carbonyl (C=O) groups excluding carboxylic acids is 1. The number of hydrogen-bond acceptors (Lipinski definition) is 3. The van der Waals surface area contributed by atoms with Gasteiger partial charge in [-0.2, -0.15) is 0 Å². The van der Waals surface area contributed by atoms with Gasteiger partial charge in [0.05, 0.1) is 10.3 Å². The fraction of sp³-hybridized carbons (Fsp3) is 0.350. The van der Waals surface area contributed by atoms with Gasteiger partial charge in [0.15, 0.2) is 0 Å². The quantitative estimate of drug-likeness (QED) is 0.861. The number of anilines is 2. The van der Waals surface area contributed by atoms with Crippen molar-refractivity contribution in [3.05, 3.63) is 53.1 Å². The number of hydrogen-bond donors (Lipinski definition) is 2. The van der Waals surface area contributed by atoms with Gasteiger partial charge in [-0.15, -0.1) is 0 Å². The van der Waals surface area contributed by atoms with Crippen LogP contribution in [0.1, 0.15) is 42.4 Å². The van der Waals surface area contributed by atoms with Crippen LogP contribution in [0.3, 0.4) is 0 Å². The molecule has 136 valence electrons. The SMILES string of the molecule is Cc1ccc(S(=O)(=O)Nc2ccc3c(c2)C2(CCCC2)C(=O)N3)c(C)c1. The number of sulfonamides is 1. The maximum Gasteiger partial charge on any atom is 0.262 e. The number of nitrogens with one attached hydrogen (secondary N) is 2. The van der Waals surface area contributed by atoms with E-state index in [9.17, 15) is 13.2 Å². The molecule has 1 fully saturated rings. The molecule has 1 aliphatic heterocycles. The molecule has 0 bridgehead atoms. The molecule has 2 aromatic carbocycles. The van der Waals surface area contributed by atoms with E-state index in [-0.39, 0.29) is 10.8 Å². The van der Waals surface area contributed by atoms with Gasteiger partial charge in [-0.05, 0) is 62.1 Å². The predicted octanol–water partition coefficient (Wildman–Crippen LogP) is 3.87. The van der Waals surface area contributed by atoms with Gasteiger partial charge in [-0.3, -0.25) is 9.52 Å². The zero-order valence-electron chi connectivity index (χ0n) is 14.9. The number of benzene rings is 2. The highest BCUT2D eigenvalue weighted by molar-refractivity contribution is 7.92. The minimum Gasteiger partial charge on any atom is -0.325 e. The molecule has 0 radical (unpaired) electrons. The predicted molar refractivity (Wildman–Crippen MR) is 102 cm³/mol. The molecular formula is C20H22N2O3S. The van der Waals surface area contributed by atoms with Gasteiger partial charge >= 0.3 is 0 Å². The highest BCUT2D eigenvalue weighted by Crippen LogP contribution is 2.49. The molecule has 0 atom stereocenters. The van der Waals surface area contributed by atoms with E-state index in [1.165, 1.54) is 0 Å². The van der Waals surface area contributed by atoms with Crippen LogP contribution in [0.5, 0.6) is 0 Å². The Labute approximate surface area is 153 Å². The molecule has 1 heterocycles. The van der Waals surface area contributed by atoms with Crippen molar-refractivity contribution < 1.29 is 13.2 Å². The van der Waals surface area contributed by atoms with Gasteiger partial charge in [-0.1, -0.05) is 30.5 Å². The van der Waals surface area contributed by atoms with Crippen LogP contribution < -0.4 is 10.0 Å². The van der Waals surface area contributed by atoms with Gasteiger partial charge < -0.3 is 5.32 Å². The third-order valence-electron chi connectivity index (χ3n) is 5.55. The van der Waals surface area contributed by atoms with Crippen molar-refractivity contribution in [2.75, 3.05) is 10.0 Å². The normalized spacial score (nSPS) is 18.0. The molecule has 0 saturated heterocycles. The molecule has 6 heteroatoms. The Balaban J connectivity index is 1.70. The Bertz CT molecular complexity index is 1010. The van der Waals surface area contributed by atoms with Crippen molar-refractivity contribution in [2.45, 2.75) is 49.8 Å². The monoisotopic (exact) mass is 370 g/mol. The largest absolute Gasteiger partial charge is 0.325 e. The number of carbonyl (C=O) groups is 1. The molecule has 1 spiro atoms. The number of aryl methyl sites for hydroxylation is 2. The highest BCUT2D eigenvalue weighted by atomic mass is 32.2. The van der Waals surface area contributed by atoms with Crippen molar-refractivity contribution in [3.8, 4) is 0 Å². The zero-order chi connectivity index (χ0) is 18.5. The molecular weight excluding hydrogens is 348 g/mol. The molecule has 2 aromatic rings. The number of amides is 1. The van der Waals surface area contributed by atoms with E-state index in [4.69, 9.17) is 0 Å². The highest BCUT2D eigenvalue weighted by Gasteiger charge is 2.48. The maximum absolute atomic E-state index is 12.8. The molecule has 2 aliphatic rings. The lowest BCUT2D eigenvalue weighted by Gasteiger charge is -2.21. The standard InChI is InChI=1S/C20H22N2O3S/c1-13-5-8-18(14(2)11-13)26(24,25)22-15-6-7-17-16(12-15)20(19(23)21-17)9-3-4-10-20/h5-8,11-12,22H,3-4,9-10H2,1-2H3,(H,21,23). The molecule has 2 N–H and O–H groups in total. The summed E-state index contributed by atoms with van der Waals surface area (Å²) in [5.74, 6) is 0.0411. The summed E-state index contributed by atoms with van der Waals surface area (Å²) >= 11 is 0. The van der Waals surface area contributed by atoms with E-state index in [0.717, 1.165) is 42.5 Å². The van der Waals surface area contributed by atoms with Crippen LogP contribution >= 0.6 is 0 Å². The summed E-state index contributed by atoms with van der Waals surface area (Å²) in [4.78, 5) is 12.8. The first-order valence-electron chi connectivity index (χ1n) is 8.88. The van der Waals surface area contributed by atoms with Gasteiger partial charge in [0.1, 0.15) is 0 Å². The van der Waals surface area contributed by atoms with Crippen molar-refractivity contribution in [1.29, 1.82) is 0 Å². The average molecular weight is 370 g/mol. The zero-order valence-corrected chi connectivity index (χ0v) is 15.7. The molecule has 0 aromatic heterocycles. The number of fused-ring (bicyclic) bond motifs is 2. The van der Waals surface area contributed by atoms with Gasteiger partial charge in [-0.25, -0.2) is 8.42 Å². The summed E-state index contributed by atoms with van der Waals surface area (Å²) in [6, 6.07) is 10.6. The topological polar surface area (TPSA) is 75.3 Å². The van der Waals surface area contributed by atoms with Gasteiger partial charge in [0, 0.05) is 11.4 Å². The van der Waals surface area contributed by atoms with E-state index in [2.05, 4.69) is 10.0 Å². The first-order chi connectivity index (χ1) is 12.3. The van der Waals surface area contributed by atoms with Crippen molar-refractivity contribution in [2.24, 2.45) is 0 Å². The minimum atomic E-state index is -3.68.